The number of nitrogens with one attached hydrogen (secondary N) is 1. The van der Waals surface area contributed by atoms with Gasteiger partial charge in [-0.15, -0.1) is 0 Å². The van der Waals surface area contributed by atoms with Gasteiger partial charge < -0.3 is 5.32 Å². The molecule has 0 bridgehead atoms. The average Bonchev–Trinajstić information content (AvgIpc) is 2.92. The summed E-state index contributed by atoms with van der Waals surface area (Å²) in [5.41, 5.74) is 1.02. The molecule has 1 saturated carbocycles. The Morgan fingerprint density at radius 2 is 2.16 bits per heavy atom. The van der Waals surface area contributed by atoms with Crippen LogP contribution in [-0.2, 0) is 5.75 Å². The summed E-state index contributed by atoms with van der Waals surface area (Å²) in [5, 5.41) is 4.11. The van der Waals surface area contributed by atoms with E-state index >= 15 is 0 Å². The van der Waals surface area contributed by atoms with E-state index in [2.05, 4.69) is 17.2 Å². The summed E-state index contributed by atoms with van der Waals surface area (Å²) in [4.78, 5) is 4.61. The van der Waals surface area contributed by atoms with E-state index in [-0.39, 0.29) is 0 Å². The maximum Gasteiger partial charge on any atom is 0.126 e. The highest BCUT2D eigenvalue weighted by Gasteiger charge is 2.15. The highest BCUT2D eigenvalue weighted by molar-refractivity contribution is 7.98. The van der Waals surface area contributed by atoms with Crippen LogP contribution in [0.5, 0.6) is 0 Å². The van der Waals surface area contributed by atoms with E-state index in [0.717, 1.165) is 41.2 Å². The van der Waals surface area contributed by atoms with Gasteiger partial charge in [0.1, 0.15) is 5.82 Å². The van der Waals surface area contributed by atoms with E-state index in [1.54, 1.807) is 0 Å². The summed E-state index contributed by atoms with van der Waals surface area (Å²) in [6.07, 6.45) is 6.76. The Hall–Kier alpha value is -0.410. The van der Waals surface area contributed by atoms with Gasteiger partial charge in [-0.2, -0.15) is 11.8 Å². The molecule has 1 aromatic rings. The molecule has 0 amide bonds. The molecule has 0 saturated heterocycles. The standard InChI is InChI=1S/C15H23ClN2S/c1-2-9-17-15-8-7-13(16)14(18-15)11-19-10-12-5-3-4-6-12/h7-8,12H,2-6,9-11H2,1H3,(H,17,18). The molecule has 1 aromatic heterocycles. The second-order valence-corrected chi connectivity index (χ2v) is 6.65. The smallest absolute Gasteiger partial charge is 0.126 e. The maximum atomic E-state index is 6.22. The summed E-state index contributed by atoms with van der Waals surface area (Å²) in [7, 11) is 0. The van der Waals surface area contributed by atoms with E-state index < -0.39 is 0 Å². The molecule has 0 aromatic carbocycles. The minimum Gasteiger partial charge on any atom is -0.370 e. The first-order valence-electron chi connectivity index (χ1n) is 7.26. The second kappa shape index (κ2) is 8.01. The van der Waals surface area contributed by atoms with Crippen LogP contribution in [-0.4, -0.2) is 17.3 Å². The fraction of sp³-hybridized carbons (Fsp3) is 0.667. The van der Waals surface area contributed by atoms with Gasteiger partial charge in [0, 0.05) is 12.3 Å². The number of thioether (sulfide) groups is 1. The van der Waals surface area contributed by atoms with Crippen molar-refractivity contribution in [2.24, 2.45) is 5.92 Å². The molecule has 0 aliphatic heterocycles. The number of hydrogen-bond acceptors (Lipinski definition) is 3. The Balaban J connectivity index is 1.83. The van der Waals surface area contributed by atoms with E-state index in [4.69, 9.17) is 11.6 Å². The number of rotatable bonds is 7. The lowest BCUT2D eigenvalue weighted by molar-refractivity contribution is 0.623. The predicted molar refractivity (Wildman–Crippen MR) is 86.1 cm³/mol. The molecule has 2 rings (SSSR count). The quantitative estimate of drug-likeness (QED) is 0.768. The number of anilines is 1. The SMILES string of the molecule is CCCNc1ccc(Cl)c(CSCC2CCCC2)n1. The second-order valence-electron chi connectivity index (χ2n) is 5.22. The highest BCUT2D eigenvalue weighted by atomic mass is 35.5. The Labute approximate surface area is 125 Å². The zero-order valence-corrected chi connectivity index (χ0v) is 13.2. The van der Waals surface area contributed by atoms with Crippen molar-refractivity contribution in [2.75, 3.05) is 17.6 Å². The summed E-state index contributed by atoms with van der Waals surface area (Å²) < 4.78 is 0. The highest BCUT2D eigenvalue weighted by Crippen LogP contribution is 2.30. The van der Waals surface area contributed by atoms with Crippen molar-refractivity contribution in [2.45, 2.75) is 44.8 Å². The van der Waals surface area contributed by atoms with E-state index in [0.29, 0.717) is 0 Å². The topological polar surface area (TPSA) is 24.9 Å². The van der Waals surface area contributed by atoms with Crippen LogP contribution >= 0.6 is 23.4 Å². The van der Waals surface area contributed by atoms with Crippen molar-refractivity contribution in [1.29, 1.82) is 0 Å². The molecule has 2 nitrogen and oxygen atoms in total. The summed E-state index contributed by atoms with van der Waals surface area (Å²) >= 11 is 8.20. The minimum atomic E-state index is 0.793. The van der Waals surface area contributed by atoms with Gasteiger partial charge in [0.2, 0.25) is 0 Å². The van der Waals surface area contributed by atoms with Gasteiger partial charge in [-0.1, -0.05) is 31.4 Å². The summed E-state index contributed by atoms with van der Waals surface area (Å²) in [5.74, 6) is 4.05. The van der Waals surface area contributed by atoms with Crippen LogP contribution in [0.4, 0.5) is 5.82 Å². The lowest BCUT2D eigenvalue weighted by atomic mass is 10.1. The molecule has 106 valence electrons. The third-order valence-electron chi connectivity index (χ3n) is 3.54. The fourth-order valence-corrected chi connectivity index (χ4v) is 3.89. The lowest BCUT2D eigenvalue weighted by Crippen LogP contribution is -2.04. The van der Waals surface area contributed by atoms with Crippen LogP contribution in [0.25, 0.3) is 0 Å². The predicted octanol–water partition coefficient (Wildman–Crippen LogP) is 4.98. The van der Waals surface area contributed by atoms with E-state index in [1.165, 1.54) is 31.4 Å². The van der Waals surface area contributed by atoms with E-state index in [9.17, 15) is 0 Å². The van der Waals surface area contributed by atoms with Gasteiger partial charge in [-0.3, -0.25) is 0 Å². The van der Waals surface area contributed by atoms with Crippen molar-refractivity contribution in [1.82, 2.24) is 4.98 Å². The van der Waals surface area contributed by atoms with Crippen LogP contribution in [0, 0.1) is 5.92 Å². The normalized spacial score (nSPS) is 15.9. The summed E-state index contributed by atoms with van der Waals surface area (Å²) in [6, 6.07) is 3.92. The van der Waals surface area contributed by atoms with Gasteiger partial charge in [-0.25, -0.2) is 4.98 Å². The number of pyridine rings is 1. The number of aromatic nitrogens is 1. The zero-order chi connectivity index (χ0) is 13.5. The molecule has 1 fully saturated rings. The molecule has 1 N–H and O–H groups in total. The van der Waals surface area contributed by atoms with Crippen LogP contribution in [0.3, 0.4) is 0 Å². The molecule has 4 heteroatoms. The van der Waals surface area contributed by atoms with Gasteiger partial charge in [-0.05, 0) is 43.1 Å². The van der Waals surface area contributed by atoms with Crippen LogP contribution < -0.4 is 5.32 Å². The van der Waals surface area contributed by atoms with Crippen molar-refractivity contribution in [3.63, 3.8) is 0 Å². The largest absolute Gasteiger partial charge is 0.370 e. The maximum absolute atomic E-state index is 6.22. The molecular weight excluding hydrogens is 276 g/mol. The first kappa shape index (κ1) is 15.0. The fourth-order valence-electron chi connectivity index (χ4n) is 2.44. The lowest BCUT2D eigenvalue weighted by Gasteiger charge is -2.10. The van der Waals surface area contributed by atoms with Crippen molar-refractivity contribution < 1.29 is 0 Å². The summed E-state index contributed by atoms with van der Waals surface area (Å²) in [6.45, 7) is 3.12. The van der Waals surface area contributed by atoms with E-state index in [1.807, 2.05) is 23.9 Å². The van der Waals surface area contributed by atoms with Gasteiger partial charge in [0.15, 0.2) is 0 Å². The van der Waals surface area contributed by atoms with Gasteiger partial charge >= 0.3 is 0 Å². The number of nitrogens with zero attached hydrogens (tertiary/aromatic N) is 1. The third kappa shape index (κ3) is 4.88. The third-order valence-corrected chi connectivity index (χ3v) is 5.07. The first-order chi connectivity index (χ1) is 9.29. The Bertz CT molecular complexity index is 392. The number of halogens is 1. The Morgan fingerprint density at radius 3 is 2.89 bits per heavy atom. The van der Waals surface area contributed by atoms with Crippen molar-refractivity contribution in [3.05, 3.63) is 22.8 Å². The van der Waals surface area contributed by atoms with Crippen molar-refractivity contribution in [3.8, 4) is 0 Å². The molecule has 0 radical (unpaired) electrons. The molecule has 19 heavy (non-hydrogen) atoms. The molecular formula is C15H23ClN2S. The Morgan fingerprint density at radius 1 is 1.37 bits per heavy atom. The molecule has 1 aliphatic rings. The van der Waals surface area contributed by atoms with Gasteiger partial charge in [0.25, 0.3) is 0 Å². The van der Waals surface area contributed by atoms with Crippen LogP contribution in [0.1, 0.15) is 44.7 Å². The average molecular weight is 299 g/mol. The molecule has 1 heterocycles. The molecule has 0 unspecified atom stereocenters. The zero-order valence-electron chi connectivity index (χ0n) is 11.6. The minimum absolute atomic E-state index is 0.793. The molecule has 1 aliphatic carbocycles. The Kier molecular flexibility index (Phi) is 6.32. The first-order valence-corrected chi connectivity index (χ1v) is 8.80. The van der Waals surface area contributed by atoms with Gasteiger partial charge in [0.05, 0.1) is 10.7 Å². The molecule has 0 spiro atoms. The molecule has 0 atom stereocenters. The van der Waals surface area contributed by atoms with Crippen LogP contribution in [0.15, 0.2) is 12.1 Å². The van der Waals surface area contributed by atoms with Crippen molar-refractivity contribution >= 4 is 29.2 Å². The number of hydrogen-bond donors (Lipinski definition) is 1. The van der Waals surface area contributed by atoms with Crippen LogP contribution in [0.2, 0.25) is 5.02 Å². The monoisotopic (exact) mass is 298 g/mol.